The van der Waals surface area contributed by atoms with E-state index >= 15 is 0 Å². The molecule has 1 N–H and O–H groups in total. The Morgan fingerprint density at radius 2 is 1.74 bits per heavy atom. The summed E-state index contributed by atoms with van der Waals surface area (Å²) >= 11 is 1.59. The number of hydrogen-bond donors (Lipinski definition) is 1. The van der Waals surface area contributed by atoms with Gasteiger partial charge in [-0.25, -0.2) is 9.18 Å². The lowest BCUT2D eigenvalue weighted by atomic mass is 10.1. The summed E-state index contributed by atoms with van der Waals surface area (Å²) in [7, 11) is 0. The van der Waals surface area contributed by atoms with E-state index in [1.165, 1.54) is 17.0 Å². The molecular formula is C27H30FN3O2S. The summed E-state index contributed by atoms with van der Waals surface area (Å²) in [6.45, 7) is 10.5. The second-order valence-electron chi connectivity index (χ2n) is 8.32. The number of nitrogens with zero attached hydrogens (tertiary/aromatic N) is 2. The molecule has 7 heteroatoms. The Kier molecular flexibility index (Phi) is 8.60. The number of urea groups is 1. The van der Waals surface area contributed by atoms with Gasteiger partial charge >= 0.3 is 6.03 Å². The van der Waals surface area contributed by atoms with Crippen molar-refractivity contribution in [3.63, 3.8) is 0 Å². The Hall–Kier alpha value is -3.45. The van der Waals surface area contributed by atoms with Gasteiger partial charge in [0.25, 0.3) is 0 Å². The van der Waals surface area contributed by atoms with Gasteiger partial charge in [0.05, 0.1) is 6.54 Å². The Bertz CT molecular complexity index is 1160. The molecule has 178 valence electrons. The fourth-order valence-electron chi connectivity index (χ4n) is 3.57. The van der Waals surface area contributed by atoms with E-state index < -0.39 is 0 Å². The third-order valence-corrected chi connectivity index (χ3v) is 6.54. The summed E-state index contributed by atoms with van der Waals surface area (Å²) in [5.74, 6) is -0.522. The van der Waals surface area contributed by atoms with Gasteiger partial charge in [-0.1, -0.05) is 35.9 Å². The minimum Gasteiger partial charge on any atom is -0.332 e. The molecule has 1 heterocycles. The molecule has 3 amide bonds. The summed E-state index contributed by atoms with van der Waals surface area (Å²) in [5, 5.41) is 4.90. The smallest absolute Gasteiger partial charge is 0.322 e. The topological polar surface area (TPSA) is 52.7 Å². The van der Waals surface area contributed by atoms with E-state index in [4.69, 9.17) is 0 Å². The second kappa shape index (κ2) is 11.6. The van der Waals surface area contributed by atoms with Crippen LogP contribution in [0, 0.1) is 26.6 Å². The maximum absolute atomic E-state index is 13.4. The fourth-order valence-corrected chi connectivity index (χ4v) is 4.49. The third-order valence-electron chi connectivity index (χ3n) is 5.53. The zero-order valence-electron chi connectivity index (χ0n) is 19.8. The van der Waals surface area contributed by atoms with Crippen LogP contribution in [0.15, 0.2) is 66.6 Å². The Balaban J connectivity index is 1.77. The largest absolute Gasteiger partial charge is 0.332 e. The maximum atomic E-state index is 13.4. The first-order valence-electron chi connectivity index (χ1n) is 11.1. The van der Waals surface area contributed by atoms with Crippen molar-refractivity contribution in [2.75, 3.05) is 18.4 Å². The Labute approximate surface area is 204 Å². The Morgan fingerprint density at radius 1 is 1.00 bits per heavy atom. The van der Waals surface area contributed by atoms with Crippen LogP contribution in [-0.4, -0.2) is 34.8 Å². The number of benzene rings is 2. The zero-order chi connectivity index (χ0) is 24.7. The van der Waals surface area contributed by atoms with Gasteiger partial charge in [-0.3, -0.25) is 4.79 Å². The molecule has 0 radical (unpaired) electrons. The normalized spacial score (nSPS) is 10.6. The van der Waals surface area contributed by atoms with Crippen LogP contribution in [0.25, 0.3) is 0 Å². The zero-order valence-corrected chi connectivity index (χ0v) is 20.6. The molecule has 0 fully saturated rings. The van der Waals surface area contributed by atoms with Gasteiger partial charge in [-0.2, -0.15) is 0 Å². The highest BCUT2D eigenvalue weighted by molar-refractivity contribution is 7.10. The van der Waals surface area contributed by atoms with Gasteiger partial charge in [0.1, 0.15) is 12.4 Å². The summed E-state index contributed by atoms with van der Waals surface area (Å²) in [6, 6.07) is 13.5. The number of anilines is 1. The summed E-state index contributed by atoms with van der Waals surface area (Å²) < 4.78 is 13.4. The van der Waals surface area contributed by atoms with E-state index in [0.29, 0.717) is 18.8 Å². The van der Waals surface area contributed by atoms with Gasteiger partial charge in [-0.05, 0) is 67.1 Å². The molecule has 3 rings (SSSR count). The first-order chi connectivity index (χ1) is 16.3. The lowest BCUT2D eigenvalue weighted by Gasteiger charge is -2.27. The van der Waals surface area contributed by atoms with E-state index in [2.05, 4.69) is 11.9 Å². The number of carbonyl (C=O) groups is 2. The lowest BCUT2D eigenvalue weighted by molar-refractivity contribution is -0.132. The van der Waals surface area contributed by atoms with Crippen LogP contribution < -0.4 is 5.32 Å². The quantitative estimate of drug-likeness (QED) is 0.379. The molecular weight excluding hydrogens is 449 g/mol. The minimum atomic E-state index is -0.366. The highest BCUT2D eigenvalue weighted by Gasteiger charge is 2.22. The number of amides is 3. The molecule has 0 saturated carbocycles. The van der Waals surface area contributed by atoms with Gasteiger partial charge in [0.15, 0.2) is 0 Å². The van der Waals surface area contributed by atoms with Crippen LogP contribution in [0.5, 0.6) is 0 Å². The van der Waals surface area contributed by atoms with Crippen molar-refractivity contribution in [2.45, 2.75) is 33.9 Å². The van der Waals surface area contributed by atoms with Crippen molar-refractivity contribution >= 4 is 29.0 Å². The number of thiophene rings is 1. The van der Waals surface area contributed by atoms with E-state index in [9.17, 15) is 14.0 Å². The first-order valence-corrected chi connectivity index (χ1v) is 11.9. The first kappa shape index (κ1) is 25.2. The summed E-state index contributed by atoms with van der Waals surface area (Å²) in [6.07, 6.45) is 1.60. The van der Waals surface area contributed by atoms with Crippen LogP contribution in [0.2, 0.25) is 0 Å². The molecule has 0 spiro atoms. The lowest BCUT2D eigenvalue weighted by Crippen LogP contribution is -2.44. The number of hydrogen-bond acceptors (Lipinski definition) is 3. The molecule has 2 aromatic carbocycles. The van der Waals surface area contributed by atoms with Crippen LogP contribution in [-0.2, 0) is 17.9 Å². The van der Waals surface area contributed by atoms with Crippen molar-refractivity contribution in [3.8, 4) is 0 Å². The number of carbonyl (C=O) groups excluding carboxylic acids is 2. The summed E-state index contributed by atoms with van der Waals surface area (Å²) in [4.78, 5) is 30.6. The van der Waals surface area contributed by atoms with Crippen molar-refractivity contribution in [3.05, 3.63) is 99.5 Å². The molecule has 0 unspecified atom stereocenters. The van der Waals surface area contributed by atoms with Crippen LogP contribution in [0.3, 0.4) is 0 Å². The number of rotatable bonds is 9. The third kappa shape index (κ3) is 6.78. The van der Waals surface area contributed by atoms with E-state index in [0.717, 1.165) is 27.1 Å². The van der Waals surface area contributed by atoms with E-state index in [1.54, 1.807) is 34.4 Å². The highest BCUT2D eigenvalue weighted by Crippen LogP contribution is 2.20. The molecule has 34 heavy (non-hydrogen) atoms. The molecule has 5 nitrogen and oxygen atoms in total. The van der Waals surface area contributed by atoms with Gasteiger partial charge < -0.3 is 15.1 Å². The van der Waals surface area contributed by atoms with Crippen LogP contribution >= 0.6 is 11.3 Å². The predicted molar refractivity (Wildman–Crippen MR) is 136 cm³/mol. The monoisotopic (exact) mass is 479 g/mol. The second-order valence-corrected chi connectivity index (χ2v) is 9.32. The van der Waals surface area contributed by atoms with E-state index in [-0.39, 0.29) is 30.8 Å². The van der Waals surface area contributed by atoms with E-state index in [1.807, 2.05) is 50.4 Å². The Morgan fingerprint density at radius 3 is 2.35 bits per heavy atom. The molecule has 0 aliphatic heterocycles. The molecule has 0 saturated heterocycles. The maximum Gasteiger partial charge on any atom is 0.322 e. The van der Waals surface area contributed by atoms with Crippen molar-refractivity contribution in [1.82, 2.24) is 9.80 Å². The average Bonchev–Trinajstić information content (AvgIpc) is 3.20. The molecule has 1 aromatic heterocycles. The van der Waals surface area contributed by atoms with Crippen molar-refractivity contribution in [2.24, 2.45) is 0 Å². The molecule has 0 aliphatic rings. The highest BCUT2D eigenvalue weighted by atomic mass is 32.1. The number of halogens is 1. The van der Waals surface area contributed by atoms with Crippen LogP contribution in [0.4, 0.5) is 14.9 Å². The van der Waals surface area contributed by atoms with Crippen molar-refractivity contribution < 1.29 is 14.0 Å². The minimum absolute atomic E-state index is 0.103. The number of aryl methyl sites for hydroxylation is 3. The van der Waals surface area contributed by atoms with Crippen LogP contribution in [0.1, 0.15) is 27.1 Å². The molecule has 0 bridgehead atoms. The predicted octanol–water partition coefficient (Wildman–Crippen LogP) is 6.06. The average molecular weight is 480 g/mol. The fraction of sp³-hybridized carbons (Fsp3) is 0.259. The number of nitrogens with one attached hydrogen (secondary N) is 1. The van der Waals surface area contributed by atoms with Crippen molar-refractivity contribution in [1.29, 1.82) is 0 Å². The molecule has 3 aromatic rings. The molecule has 0 atom stereocenters. The standard InChI is InChI=1S/C27H30FN3O2S/c1-5-13-30(27(33)29-24-11-6-19(2)15-21(24)4)18-26(32)31(17-25-20(3)12-14-34-25)16-22-7-9-23(28)10-8-22/h5-12,14-15H,1,13,16-18H2,2-4H3,(H,29,33). The van der Waals surface area contributed by atoms with Gasteiger partial charge in [-0.15, -0.1) is 17.9 Å². The summed E-state index contributed by atoms with van der Waals surface area (Å²) in [5.41, 5.74) is 4.68. The van der Waals surface area contributed by atoms with Gasteiger partial charge in [0.2, 0.25) is 5.91 Å². The molecule has 0 aliphatic carbocycles. The van der Waals surface area contributed by atoms with Gasteiger partial charge in [0, 0.05) is 23.7 Å². The SMILES string of the molecule is C=CCN(CC(=O)N(Cc1ccc(F)cc1)Cc1sccc1C)C(=O)Nc1ccc(C)cc1C.